The first kappa shape index (κ1) is 14.5. The van der Waals surface area contributed by atoms with Crippen LogP contribution in [0.2, 0.25) is 5.02 Å². The summed E-state index contributed by atoms with van der Waals surface area (Å²) in [6.45, 7) is 5.50. The SMILES string of the molecule is CCC(CCO)CNC(C)c1cccc(Cl)c1. The first-order valence-corrected chi connectivity index (χ1v) is 6.64. The van der Waals surface area contributed by atoms with Gasteiger partial charge in [-0.15, -0.1) is 0 Å². The molecular formula is C14H22ClNO. The third-order valence-electron chi connectivity index (χ3n) is 3.18. The summed E-state index contributed by atoms with van der Waals surface area (Å²) in [4.78, 5) is 0. The minimum absolute atomic E-state index is 0.270. The van der Waals surface area contributed by atoms with E-state index in [1.165, 1.54) is 5.56 Å². The summed E-state index contributed by atoms with van der Waals surface area (Å²) < 4.78 is 0. The molecule has 0 heterocycles. The van der Waals surface area contributed by atoms with Crippen LogP contribution < -0.4 is 5.32 Å². The van der Waals surface area contributed by atoms with Crippen LogP contribution in [-0.4, -0.2) is 18.3 Å². The number of hydrogen-bond acceptors (Lipinski definition) is 2. The maximum Gasteiger partial charge on any atom is 0.0434 e. The van der Waals surface area contributed by atoms with Crippen molar-refractivity contribution in [3.05, 3.63) is 34.9 Å². The maximum absolute atomic E-state index is 8.94. The Morgan fingerprint density at radius 1 is 1.41 bits per heavy atom. The molecule has 0 aliphatic carbocycles. The van der Waals surface area contributed by atoms with Gasteiger partial charge in [0.2, 0.25) is 0 Å². The zero-order valence-electron chi connectivity index (χ0n) is 10.6. The van der Waals surface area contributed by atoms with Crippen LogP contribution in [0.3, 0.4) is 0 Å². The Bertz CT molecular complexity index is 330. The van der Waals surface area contributed by atoms with Gasteiger partial charge in [-0.1, -0.05) is 37.1 Å². The van der Waals surface area contributed by atoms with Crippen molar-refractivity contribution in [2.24, 2.45) is 5.92 Å². The van der Waals surface area contributed by atoms with Crippen LogP contribution in [-0.2, 0) is 0 Å². The van der Waals surface area contributed by atoms with Crippen LogP contribution in [0.5, 0.6) is 0 Å². The highest BCUT2D eigenvalue weighted by Crippen LogP contribution is 2.18. The van der Waals surface area contributed by atoms with Gasteiger partial charge in [0, 0.05) is 17.7 Å². The highest BCUT2D eigenvalue weighted by molar-refractivity contribution is 6.30. The lowest BCUT2D eigenvalue weighted by atomic mass is 10.0. The number of hydrogen-bond donors (Lipinski definition) is 2. The molecule has 0 saturated carbocycles. The van der Waals surface area contributed by atoms with E-state index in [2.05, 4.69) is 25.2 Å². The summed E-state index contributed by atoms with van der Waals surface area (Å²) in [7, 11) is 0. The molecule has 2 unspecified atom stereocenters. The lowest BCUT2D eigenvalue weighted by molar-refractivity contribution is 0.249. The van der Waals surface area contributed by atoms with Crippen molar-refractivity contribution in [3.63, 3.8) is 0 Å². The molecular weight excluding hydrogens is 234 g/mol. The Morgan fingerprint density at radius 2 is 2.18 bits per heavy atom. The topological polar surface area (TPSA) is 32.3 Å². The number of aliphatic hydroxyl groups is 1. The van der Waals surface area contributed by atoms with Gasteiger partial charge in [0.15, 0.2) is 0 Å². The number of aliphatic hydroxyl groups excluding tert-OH is 1. The fourth-order valence-electron chi connectivity index (χ4n) is 1.87. The monoisotopic (exact) mass is 255 g/mol. The third-order valence-corrected chi connectivity index (χ3v) is 3.41. The summed E-state index contributed by atoms with van der Waals surface area (Å²) in [6, 6.07) is 8.23. The second-order valence-electron chi connectivity index (χ2n) is 4.47. The van der Waals surface area contributed by atoms with E-state index in [0.29, 0.717) is 12.0 Å². The average molecular weight is 256 g/mol. The second kappa shape index (κ2) is 7.70. The maximum atomic E-state index is 8.94. The predicted octanol–water partition coefficient (Wildman–Crippen LogP) is 3.40. The van der Waals surface area contributed by atoms with Crippen molar-refractivity contribution in [2.75, 3.05) is 13.2 Å². The summed E-state index contributed by atoms with van der Waals surface area (Å²) in [6.07, 6.45) is 1.96. The number of halogens is 1. The van der Waals surface area contributed by atoms with Crippen molar-refractivity contribution in [2.45, 2.75) is 32.7 Å². The first-order valence-electron chi connectivity index (χ1n) is 6.27. The van der Waals surface area contributed by atoms with Gasteiger partial charge in [0.05, 0.1) is 0 Å². The summed E-state index contributed by atoms with van der Waals surface area (Å²) in [5.74, 6) is 0.543. The largest absolute Gasteiger partial charge is 0.396 e. The van der Waals surface area contributed by atoms with E-state index >= 15 is 0 Å². The van der Waals surface area contributed by atoms with E-state index in [9.17, 15) is 0 Å². The van der Waals surface area contributed by atoms with Gasteiger partial charge in [-0.25, -0.2) is 0 Å². The van der Waals surface area contributed by atoms with Gasteiger partial charge in [-0.2, -0.15) is 0 Å². The molecule has 0 amide bonds. The molecule has 0 aliphatic rings. The first-order chi connectivity index (χ1) is 8.17. The average Bonchev–Trinajstić information content (AvgIpc) is 2.34. The lowest BCUT2D eigenvalue weighted by Crippen LogP contribution is -2.26. The minimum atomic E-state index is 0.270. The molecule has 2 N–H and O–H groups in total. The Kier molecular flexibility index (Phi) is 6.56. The number of rotatable bonds is 7. The third kappa shape index (κ3) is 5.07. The molecule has 0 saturated heterocycles. The molecule has 0 aromatic heterocycles. The molecule has 0 bridgehead atoms. The molecule has 96 valence electrons. The number of nitrogens with one attached hydrogen (secondary N) is 1. The molecule has 0 spiro atoms. The quantitative estimate of drug-likeness (QED) is 0.783. The van der Waals surface area contributed by atoms with Crippen LogP contribution in [0.4, 0.5) is 0 Å². The van der Waals surface area contributed by atoms with E-state index in [1.807, 2.05) is 18.2 Å². The van der Waals surface area contributed by atoms with Gasteiger partial charge in [0.25, 0.3) is 0 Å². The fraction of sp³-hybridized carbons (Fsp3) is 0.571. The highest BCUT2D eigenvalue weighted by atomic mass is 35.5. The van der Waals surface area contributed by atoms with Crippen LogP contribution in [0, 0.1) is 5.92 Å². The molecule has 2 nitrogen and oxygen atoms in total. The van der Waals surface area contributed by atoms with E-state index < -0.39 is 0 Å². The smallest absolute Gasteiger partial charge is 0.0434 e. The fourth-order valence-corrected chi connectivity index (χ4v) is 2.07. The van der Waals surface area contributed by atoms with E-state index in [0.717, 1.165) is 24.4 Å². The van der Waals surface area contributed by atoms with E-state index in [4.69, 9.17) is 16.7 Å². The predicted molar refractivity (Wildman–Crippen MR) is 73.4 cm³/mol. The zero-order chi connectivity index (χ0) is 12.7. The molecule has 2 atom stereocenters. The van der Waals surface area contributed by atoms with Gasteiger partial charge >= 0.3 is 0 Å². The van der Waals surface area contributed by atoms with E-state index in [1.54, 1.807) is 0 Å². The molecule has 0 fully saturated rings. The summed E-state index contributed by atoms with van der Waals surface area (Å²) >= 11 is 5.97. The number of benzene rings is 1. The van der Waals surface area contributed by atoms with Gasteiger partial charge in [-0.3, -0.25) is 0 Å². The zero-order valence-corrected chi connectivity index (χ0v) is 11.4. The molecule has 0 aliphatic heterocycles. The van der Waals surface area contributed by atoms with Gasteiger partial charge in [-0.05, 0) is 43.5 Å². The molecule has 0 radical (unpaired) electrons. The molecule has 17 heavy (non-hydrogen) atoms. The van der Waals surface area contributed by atoms with E-state index in [-0.39, 0.29) is 6.61 Å². The van der Waals surface area contributed by atoms with Gasteiger partial charge in [0.1, 0.15) is 0 Å². The van der Waals surface area contributed by atoms with Crippen molar-refractivity contribution < 1.29 is 5.11 Å². The minimum Gasteiger partial charge on any atom is -0.396 e. The second-order valence-corrected chi connectivity index (χ2v) is 4.91. The standard InChI is InChI=1S/C14H22ClNO/c1-3-12(7-8-17)10-16-11(2)13-5-4-6-14(15)9-13/h4-6,9,11-12,16-17H,3,7-8,10H2,1-2H3. The summed E-state index contributed by atoms with van der Waals surface area (Å²) in [5, 5.41) is 13.2. The van der Waals surface area contributed by atoms with Gasteiger partial charge < -0.3 is 10.4 Å². The molecule has 1 aromatic rings. The molecule has 1 rings (SSSR count). The van der Waals surface area contributed by atoms with Crippen molar-refractivity contribution in [1.29, 1.82) is 0 Å². The van der Waals surface area contributed by atoms with Crippen LogP contribution >= 0.6 is 11.6 Å². The normalized spacial score (nSPS) is 14.6. The Balaban J connectivity index is 2.46. The lowest BCUT2D eigenvalue weighted by Gasteiger charge is -2.19. The summed E-state index contributed by atoms with van der Waals surface area (Å²) in [5.41, 5.74) is 1.20. The van der Waals surface area contributed by atoms with Crippen molar-refractivity contribution in [1.82, 2.24) is 5.32 Å². The molecule has 3 heteroatoms. The van der Waals surface area contributed by atoms with Crippen LogP contribution in [0.1, 0.15) is 38.3 Å². The van der Waals surface area contributed by atoms with Crippen molar-refractivity contribution in [3.8, 4) is 0 Å². The highest BCUT2D eigenvalue weighted by Gasteiger charge is 2.09. The Labute approximate surface area is 109 Å². The van der Waals surface area contributed by atoms with Crippen LogP contribution in [0.25, 0.3) is 0 Å². The molecule has 1 aromatic carbocycles. The Hall–Kier alpha value is -0.570. The van der Waals surface area contributed by atoms with Crippen molar-refractivity contribution >= 4 is 11.6 Å². The van der Waals surface area contributed by atoms with Crippen LogP contribution in [0.15, 0.2) is 24.3 Å². The Morgan fingerprint density at radius 3 is 2.76 bits per heavy atom.